The topological polar surface area (TPSA) is 31.5 Å². The van der Waals surface area contributed by atoms with E-state index in [9.17, 15) is 0 Å². The molecule has 2 unspecified atom stereocenters. The van der Waals surface area contributed by atoms with E-state index in [2.05, 4.69) is 37.5 Å². The Bertz CT molecular complexity index is 268. The molecule has 0 N–H and O–H groups in total. The predicted molar refractivity (Wildman–Crippen MR) is 82.2 cm³/mol. The lowest BCUT2D eigenvalue weighted by atomic mass is 9.85. The Kier molecular flexibility index (Phi) is 5.84. The first kappa shape index (κ1) is 16.2. The van der Waals surface area contributed by atoms with Crippen LogP contribution in [0.4, 0.5) is 0 Å². The zero-order chi connectivity index (χ0) is 14.6. The number of nitrogens with zero attached hydrogens (tertiary/aromatic N) is 2. The first-order valence-electron chi connectivity index (χ1n) is 8.38. The van der Waals surface area contributed by atoms with E-state index in [0.717, 1.165) is 58.8 Å². The lowest BCUT2D eigenvalue weighted by molar-refractivity contribution is 0.0298. The monoisotopic (exact) mass is 284 g/mol. The summed E-state index contributed by atoms with van der Waals surface area (Å²) in [4.78, 5) is 5.21. The second kappa shape index (κ2) is 7.21. The number of rotatable bonds is 11. The molecule has 0 amide bonds. The molecule has 0 aromatic carbocycles. The number of hydrogen-bond donors (Lipinski definition) is 0. The van der Waals surface area contributed by atoms with Crippen LogP contribution >= 0.6 is 0 Å². The molecular weight excluding hydrogens is 252 g/mol. The fourth-order valence-electron chi connectivity index (χ4n) is 3.55. The zero-order valence-corrected chi connectivity index (χ0v) is 13.7. The molecule has 2 aliphatic rings. The summed E-state index contributed by atoms with van der Waals surface area (Å²) in [6.45, 7) is 16.6. The summed E-state index contributed by atoms with van der Waals surface area (Å²) in [5.74, 6) is 0. The van der Waals surface area contributed by atoms with Crippen LogP contribution in [-0.4, -0.2) is 73.5 Å². The van der Waals surface area contributed by atoms with Gasteiger partial charge < -0.3 is 14.4 Å². The van der Waals surface area contributed by atoms with E-state index in [1.165, 1.54) is 0 Å². The van der Waals surface area contributed by atoms with Gasteiger partial charge in [0, 0.05) is 12.1 Å². The molecule has 0 saturated carbocycles. The molecule has 2 saturated heterocycles. The standard InChI is InChI=1S/C16H32N2O2/c1-5-17(6-2)13-16(9-14-11-19-14,10-15-12-20-15)18(7-3)8-4/h14-15H,5-13H2,1-4H3. The van der Waals surface area contributed by atoms with Crippen molar-refractivity contribution in [3.8, 4) is 0 Å². The Labute approximate surface area is 124 Å². The third-order valence-electron chi connectivity index (χ3n) is 4.87. The Morgan fingerprint density at radius 1 is 0.850 bits per heavy atom. The highest BCUT2D eigenvalue weighted by Gasteiger charge is 2.46. The van der Waals surface area contributed by atoms with Gasteiger partial charge in [0.25, 0.3) is 0 Å². The van der Waals surface area contributed by atoms with Crippen molar-refractivity contribution in [2.45, 2.75) is 58.3 Å². The SMILES string of the molecule is CCN(CC)CC(CC1CO1)(CC1CO1)N(CC)CC. The van der Waals surface area contributed by atoms with E-state index < -0.39 is 0 Å². The molecule has 2 heterocycles. The number of likely N-dealkylation sites (N-methyl/N-ethyl adjacent to an activating group) is 2. The van der Waals surface area contributed by atoms with E-state index in [-0.39, 0.29) is 5.54 Å². The maximum Gasteiger partial charge on any atom is 0.0828 e. The molecule has 4 heteroatoms. The van der Waals surface area contributed by atoms with Crippen LogP contribution in [0.15, 0.2) is 0 Å². The Balaban J connectivity index is 2.14. The van der Waals surface area contributed by atoms with Crippen molar-refractivity contribution < 1.29 is 9.47 Å². The smallest absolute Gasteiger partial charge is 0.0828 e. The van der Waals surface area contributed by atoms with E-state index in [4.69, 9.17) is 9.47 Å². The van der Waals surface area contributed by atoms with Crippen LogP contribution in [0.5, 0.6) is 0 Å². The molecule has 2 aliphatic heterocycles. The largest absolute Gasteiger partial charge is 0.373 e. The molecule has 118 valence electrons. The van der Waals surface area contributed by atoms with Crippen molar-refractivity contribution in [1.29, 1.82) is 0 Å². The Morgan fingerprint density at radius 3 is 1.60 bits per heavy atom. The maximum atomic E-state index is 5.57. The van der Waals surface area contributed by atoms with Gasteiger partial charge in [0.05, 0.1) is 25.4 Å². The molecule has 0 aromatic rings. The number of epoxide rings is 2. The van der Waals surface area contributed by atoms with Gasteiger partial charge >= 0.3 is 0 Å². The van der Waals surface area contributed by atoms with Crippen LogP contribution in [0.2, 0.25) is 0 Å². The average molecular weight is 284 g/mol. The zero-order valence-electron chi connectivity index (χ0n) is 13.7. The summed E-state index contributed by atoms with van der Waals surface area (Å²) in [5.41, 5.74) is 0.220. The molecule has 0 radical (unpaired) electrons. The molecular formula is C16H32N2O2. The van der Waals surface area contributed by atoms with Crippen LogP contribution in [0.3, 0.4) is 0 Å². The van der Waals surface area contributed by atoms with Crippen LogP contribution < -0.4 is 0 Å². The average Bonchev–Trinajstić information content (AvgIpc) is 3.34. The fraction of sp³-hybridized carbons (Fsp3) is 1.00. The lowest BCUT2D eigenvalue weighted by Gasteiger charge is -2.46. The highest BCUT2D eigenvalue weighted by atomic mass is 16.6. The lowest BCUT2D eigenvalue weighted by Crippen LogP contribution is -2.57. The van der Waals surface area contributed by atoms with Gasteiger partial charge in [-0.15, -0.1) is 0 Å². The normalized spacial score (nSPS) is 27.9. The van der Waals surface area contributed by atoms with Crippen molar-refractivity contribution in [3.63, 3.8) is 0 Å². The minimum absolute atomic E-state index is 0.220. The van der Waals surface area contributed by atoms with Crippen molar-refractivity contribution >= 4 is 0 Å². The summed E-state index contributed by atoms with van der Waals surface area (Å²) in [6, 6.07) is 0. The molecule has 0 spiro atoms. The Morgan fingerprint density at radius 2 is 1.30 bits per heavy atom. The Hall–Kier alpha value is -0.160. The van der Waals surface area contributed by atoms with E-state index in [0.29, 0.717) is 12.2 Å². The molecule has 20 heavy (non-hydrogen) atoms. The molecule has 2 atom stereocenters. The van der Waals surface area contributed by atoms with Gasteiger partial charge in [0.1, 0.15) is 0 Å². The van der Waals surface area contributed by atoms with Gasteiger partial charge in [-0.1, -0.05) is 27.7 Å². The van der Waals surface area contributed by atoms with Crippen LogP contribution in [0, 0.1) is 0 Å². The van der Waals surface area contributed by atoms with Crippen LogP contribution in [-0.2, 0) is 9.47 Å². The van der Waals surface area contributed by atoms with Gasteiger partial charge in [0.2, 0.25) is 0 Å². The van der Waals surface area contributed by atoms with Crippen LogP contribution in [0.25, 0.3) is 0 Å². The molecule has 0 aromatic heterocycles. The van der Waals surface area contributed by atoms with Crippen molar-refractivity contribution in [2.24, 2.45) is 0 Å². The first-order chi connectivity index (χ1) is 9.67. The molecule has 0 aliphatic carbocycles. The highest BCUT2D eigenvalue weighted by Crippen LogP contribution is 2.36. The van der Waals surface area contributed by atoms with Crippen LogP contribution in [0.1, 0.15) is 40.5 Å². The van der Waals surface area contributed by atoms with Crippen molar-refractivity contribution in [1.82, 2.24) is 9.80 Å². The second-order valence-corrected chi connectivity index (χ2v) is 6.18. The summed E-state index contributed by atoms with van der Waals surface area (Å²) in [7, 11) is 0. The van der Waals surface area contributed by atoms with Gasteiger partial charge in [0.15, 0.2) is 0 Å². The molecule has 0 bridgehead atoms. The fourth-order valence-corrected chi connectivity index (χ4v) is 3.55. The summed E-state index contributed by atoms with van der Waals surface area (Å²) < 4.78 is 11.1. The quantitative estimate of drug-likeness (QED) is 0.543. The van der Waals surface area contributed by atoms with E-state index in [1.807, 2.05) is 0 Å². The maximum absolute atomic E-state index is 5.57. The summed E-state index contributed by atoms with van der Waals surface area (Å²) >= 11 is 0. The van der Waals surface area contributed by atoms with Crippen molar-refractivity contribution in [3.05, 3.63) is 0 Å². The number of ether oxygens (including phenoxy) is 2. The van der Waals surface area contributed by atoms with Gasteiger partial charge in [-0.3, -0.25) is 4.90 Å². The third-order valence-corrected chi connectivity index (χ3v) is 4.87. The third kappa shape index (κ3) is 4.17. The van der Waals surface area contributed by atoms with Gasteiger partial charge in [-0.2, -0.15) is 0 Å². The van der Waals surface area contributed by atoms with Gasteiger partial charge in [-0.25, -0.2) is 0 Å². The van der Waals surface area contributed by atoms with E-state index in [1.54, 1.807) is 0 Å². The molecule has 4 nitrogen and oxygen atoms in total. The molecule has 2 rings (SSSR count). The highest BCUT2D eigenvalue weighted by molar-refractivity contribution is 5.00. The predicted octanol–water partition coefficient (Wildman–Crippen LogP) is 1.99. The number of hydrogen-bond acceptors (Lipinski definition) is 4. The first-order valence-corrected chi connectivity index (χ1v) is 8.38. The van der Waals surface area contributed by atoms with E-state index >= 15 is 0 Å². The summed E-state index contributed by atoms with van der Waals surface area (Å²) in [6.07, 6.45) is 3.27. The minimum atomic E-state index is 0.220. The molecule has 2 fully saturated rings. The van der Waals surface area contributed by atoms with Gasteiger partial charge in [-0.05, 0) is 39.0 Å². The second-order valence-electron chi connectivity index (χ2n) is 6.18. The van der Waals surface area contributed by atoms with Crippen molar-refractivity contribution in [2.75, 3.05) is 45.9 Å². The minimum Gasteiger partial charge on any atom is -0.373 e. The summed E-state index contributed by atoms with van der Waals surface area (Å²) in [5, 5.41) is 0.